The molecule has 6 heteroatoms. The molecule has 1 amide bonds. The third kappa shape index (κ3) is 4.71. The molecule has 1 aliphatic heterocycles. The number of anilines is 2. The first kappa shape index (κ1) is 18.2. The first-order valence-electron chi connectivity index (χ1n) is 9.41. The fraction of sp³-hybridized carbons (Fsp3) is 0.450. The predicted octanol–water partition coefficient (Wildman–Crippen LogP) is 2.80. The number of carbonyl (C=O) groups is 1. The minimum atomic E-state index is -0.1000. The number of nitrogens with one attached hydrogen (secondary N) is 2. The first-order valence-corrected chi connectivity index (χ1v) is 9.41. The Morgan fingerprint density at radius 1 is 1.15 bits per heavy atom. The molecule has 2 heterocycles. The van der Waals surface area contributed by atoms with E-state index in [-0.39, 0.29) is 11.8 Å². The number of aromatic nitrogens is 2. The second-order valence-corrected chi connectivity index (χ2v) is 6.54. The third-order valence-electron chi connectivity index (χ3n) is 4.74. The monoisotopic (exact) mass is 353 g/mol. The van der Waals surface area contributed by atoms with Crippen molar-refractivity contribution in [3.8, 4) is 0 Å². The van der Waals surface area contributed by atoms with Gasteiger partial charge in [0.25, 0.3) is 0 Å². The smallest absolute Gasteiger partial charge is 0.227 e. The Balaban J connectivity index is 1.46. The van der Waals surface area contributed by atoms with Crippen LogP contribution in [-0.4, -0.2) is 42.1 Å². The summed E-state index contributed by atoms with van der Waals surface area (Å²) in [4.78, 5) is 23.3. The maximum absolute atomic E-state index is 12.4. The number of carbonyl (C=O) groups excluding carboxylic acids is 1. The molecule has 1 fully saturated rings. The molecule has 1 saturated heterocycles. The minimum absolute atomic E-state index is 0.0703. The molecule has 1 aliphatic rings. The maximum Gasteiger partial charge on any atom is 0.227 e. The van der Waals surface area contributed by atoms with Crippen molar-refractivity contribution >= 4 is 17.5 Å². The topological polar surface area (TPSA) is 70.2 Å². The number of benzene rings is 1. The van der Waals surface area contributed by atoms with E-state index in [9.17, 15) is 4.79 Å². The number of rotatable bonds is 8. The summed E-state index contributed by atoms with van der Waals surface area (Å²) in [5.74, 6) is 1.74. The molecule has 1 aromatic heterocycles. The van der Waals surface area contributed by atoms with E-state index in [1.165, 1.54) is 12.8 Å². The lowest BCUT2D eigenvalue weighted by atomic mass is 9.96. The fourth-order valence-electron chi connectivity index (χ4n) is 3.32. The van der Waals surface area contributed by atoms with E-state index in [1.54, 1.807) is 6.33 Å². The van der Waals surface area contributed by atoms with Crippen LogP contribution < -0.4 is 15.5 Å². The molecule has 138 valence electrons. The van der Waals surface area contributed by atoms with E-state index < -0.39 is 0 Å². The molecule has 3 rings (SSSR count). The van der Waals surface area contributed by atoms with Gasteiger partial charge in [0.05, 0.1) is 5.92 Å². The SMILES string of the molecule is CCC(C(=O)NCCNc1cc(N2CCCC2)ncn1)c1ccccc1. The van der Waals surface area contributed by atoms with Crippen LogP contribution in [0, 0.1) is 0 Å². The molecule has 1 unspecified atom stereocenters. The summed E-state index contributed by atoms with van der Waals surface area (Å²) in [7, 11) is 0. The maximum atomic E-state index is 12.4. The molecule has 0 saturated carbocycles. The lowest BCUT2D eigenvalue weighted by Crippen LogP contribution is -2.33. The van der Waals surface area contributed by atoms with Gasteiger partial charge in [0.1, 0.15) is 18.0 Å². The molecule has 0 radical (unpaired) electrons. The minimum Gasteiger partial charge on any atom is -0.368 e. The van der Waals surface area contributed by atoms with Crippen LogP contribution in [0.25, 0.3) is 0 Å². The van der Waals surface area contributed by atoms with E-state index in [1.807, 2.05) is 43.3 Å². The molecule has 0 bridgehead atoms. The molecular weight excluding hydrogens is 326 g/mol. The van der Waals surface area contributed by atoms with Crippen LogP contribution in [0.5, 0.6) is 0 Å². The van der Waals surface area contributed by atoms with Crippen LogP contribution >= 0.6 is 0 Å². The van der Waals surface area contributed by atoms with Crippen molar-refractivity contribution in [2.45, 2.75) is 32.1 Å². The van der Waals surface area contributed by atoms with E-state index in [0.717, 1.165) is 36.7 Å². The van der Waals surface area contributed by atoms with Crippen LogP contribution in [0.2, 0.25) is 0 Å². The fourth-order valence-corrected chi connectivity index (χ4v) is 3.32. The van der Waals surface area contributed by atoms with Crippen molar-refractivity contribution in [3.63, 3.8) is 0 Å². The summed E-state index contributed by atoms with van der Waals surface area (Å²) in [5.41, 5.74) is 1.06. The van der Waals surface area contributed by atoms with Crippen LogP contribution in [0.15, 0.2) is 42.7 Å². The average molecular weight is 353 g/mol. The largest absolute Gasteiger partial charge is 0.368 e. The van der Waals surface area contributed by atoms with E-state index in [0.29, 0.717) is 13.1 Å². The Labute approximate surface area is 155 Å². The Bertz CT molecular complexity index is 700. The zero-order valence-corrected chi connectivity index (χ0v) is 15.3. The zero-order valence-electron chi connectivity index (χ0n) is 15.3. The highest BCUT2D eigenvalue weighted by molar-refractivity contribution is 5.83. The average Bonchev–Trinajstić information content (AvgIpc) is 3.22. The highest BCUT2D eigenvalue weighted by Gasteiger charge is 2.17. The van der Waals surface area contributed by atoms with Gasteiger partial charge in [-0.1, -0.05) is 37.3 Å². The summed E-state index contributed by atoms with van der Waals surface area (Å²) < 4.78 is 0. The summed E-state index contributed by atoms with van der Waals surface area (Å²) in [6, 6.07) is 11.9. The van der Waals surface area contributed by atoms with Crippen LogP contribution in [-0.2, 0) is 4.79 Å². The zero-order chi connectivity index (χ0) is 18.2. The summed E-state index contributed by atoms with van der Waals surface area (Å²) in [5, 5.41) is 6.28. The molecule has 26 heavy (non-hydrogen) atoms. The normalized spacial score (nSPS) is 14.9. The molecule has 1 atom stereocenters. The summed E-state index contributed by atoms with van der Waals surface area (Å²) in [6.45, 7) is 5.35. The van der Waals surface area contributed by atoms with Gasteiger partial charge in [-0.3, -0.25) is 4.79 Å². The van der Waals surface area contributed by atoms with E-state index in [4.69, 9.17) is 0 Å². The van der Waals surface area contributed by atoms with E-state index >= 15 is 0 Å². The van der Waals surface area contributed by atoms with E-state index in [2.05, 4.69) is 25.5 Å². The molecule has 2 N–H and O–H groups in total. The molecular formula is C20H27N5O. The predicted molar refractivity (Wildman–Crippen MR) is 104 cm³/mol. The molecule has 0 aliphatic carbocycles. The van der Waals surface area contributed by atoms with Crippen LogP contribution in [0.4, 0.5) is 11.6 Å². The van der Waals surface area contributed by atoms with Gasteiger partial charge in [-0.2, -0.15) is 0 Å². The van der Waals surface area contributed by atoms with Gasteiger partial charge in [-0.15, -0.1) is 0 Å². The van der Waals surface area contributed by atoms with Gasteiger partial charge < -0.3 is 15.5 Å². The van der Waals surface area contributed by atoms with Crippen molar-refractivity contribution in [1.82, 2.24) is 15.3 Å². The van der Waals surface area contributed by atoms with Crippen LogP contribution in [0.3, 0.4) is 0 Å². The molecule has 1 aromatic carbocycles. The number of amides is 1. The Hall–Kier alpha value is -2.63. The lowest BCUT2D eigenvalue weighted by molar-refractivity contribution is -0.122. The second kappa shape index (κ2) is 9.17. The van der Waals surface area contributed by atoms with Gasteiger partial charge in [-0.25, -0.2) is 9.97 Å². The standard InChI is InChI=1S/C20H27N5O/c1-2-17(16-8-4-3-5-9-16)20(26)22-11-10-21-18-14-19(24-15-23-18)25-12-6-7-13-25/h3-5,8-9,14-15,17H,2,6-7,10-13H2,1H3,(H,22,26)(H,21,23,24). The third-order valence-corrected chi connectivity index (χ3v) is 4.74. The van der Waals surface area contributed by atoms with Crippen molar-refractivity contribution in [2.24, 2.45) is 0 Å². The first-order chi connectivity index (χ1) is 12.8. The highest BCUT2D eigenvalue weighted by atomic mass is 16.1. The Morgan fingerprint density at radius 3 is 2.65 bits per heavy atom. The van der Waals surface area contributed by atoms with Crippen molar-refractivity contribution < 1.29 is 4.79 Å². The highest BCUT2D eigenvalue weighted by Crippen LogP contribution is 2.20. The second-order valence-electron chi connectivity index (χ2n) is 6.54. The van der Waals surface area contributed by atoms with Gasteiger partial charge >= 0.3 is 0 Å². The van der Waals surface area contributed by atoms with Gasteiger partial charge in [0, 0.05) is 32.2 Å². The molecule has 2 aromatic rings. The Morgan fingerprint density at radius 2 is 1.92 bits per heavy atom. The quantitative estimate of drug-likeness (QED) is 0.714. The number of hydrogen-bond acceptors (Lipinski definition) is 5. The molecule has 0 spiro atoms. The lowest BCUT2D eigenvalue weighted by Gasteiger charge is -2.17. The van der Waals surface area contributed by atoms with Gasteiger partial charge in [0.15, 0.2) is 0 Å². The molecule has 6 nitrogen and oxygen atoms in total. The number of hydrogen-bond donors (Lipinski definition) is 2. The number of nitrogens with zero attached hydrogens (tertiary/aromatic N) is 3. The van der Waals surface area contributed by atoms with Gasteiger partial charge in [-0.05, 0) is 24.8 Å². The van der Waals surface area contributed by atoms with Crippen LogP contribution in [0.1, 0.15) is 37.7 Å². The summed E-state index contributed by atoms with van der Waals surface area (Å²) >= 11 is 0. The van der Waals surface area contributed by atoms with Crippen molar-refractivity contribution in [1.29, 1.82) is 0 Å². The summed E-state index contributed by atoms with van der Waals surface area (Å²) in [6.07, 6.45) is 4.82. The Kier molecular flexibility index (Phi) is 6.41. The van der Waals surface area contributed by atoms with Gasteiger partial charge in [0.2, 0.25) is 5.91 Å². The van der Waals surface area contributed by atoms with Crippen molar-refractivity contribution in [2.75, 3.05) is 36.4 Å². The van der Waals surface area contributed by atoms with Crippen molar-refractivity contribution in [3.05, 3.63) is 48.3 Å².